The van der Waals surface area contributed by atoms with E-state index in [9.17, 15) is 14.7 Å². The van der Waals surface area contributed by atoms with Gasteiger partial charge in [0.25, 0.3) is 0 Å². The monoisotopic (exact) mass is 285 g/mol. The van der Waals surface area contributed by atoms with Gasteiger partial charge < -0.3 is 19.8 Å². The standard InChI is InChI=1S/C16H18N2O3/c1-9(19)18-13(15(20)21)8-11-10-6-4-5-7-12(10)17-14(11)16(18,2)3/h4-7,13,17H,8H2,1-3H3,(H,20,21)/p-1/t13-/m0/s1. The Morgan fingerprint density at radius 2 is 2.00 bits per heavy atom. The number of fused-ring (bicyclic) bond motifs is 3. The maximum absolute atomic E-state index is 12.0. The lowest BCUT2D eigenvalue weighted by molar-refractivity contribution is -0.313. The number of H-pyrrole nitrogens is 1. The molecular weight excluding hydrogens is 268 g/mol. The largest absolute Gasteiger partial charge is 0.548 e. The fourth-order valence-electron chi connectivity index (χ4n) is 3.53. The van der Waals surface area contributed by atoms with Gasteiger partial charge in [0.15, 0.2) is 0 Å². The molecule has 5 nitrogen and oxygen atoms in total. The smallest absolute Gasteiger partial charge is 0.220 e. The van der Waals surface area contributed by atoms with Crippen LogP contribution in [-0.4, -0.2) is 27.8 Å². The number of amides is 1. The number of carboxylic acid groups (broad SMARTS) is 1. The SMILES string of the molecule is CC(=O)N1[C@H](C(=O)[O-])Cc2c([nH]c3ccccc23)C1(C)C. The van der Waals surface area contributed by atoms with Gasteiger partial charge in [-0.2, -0.15) is 0 Å². The molecule has 1 aromatic carbocycles. The second-order valence-corrected chi connectivity index (χ2v) is 6.01. The Balaban J connectivity index is 2.28. The van der Waals surface area contributed by atoms with Crippen molar-refractivity contribution in [3.8, 4) is 0 Å². The molecular formula is C16H17N2O3-. The number of para-hydroxylation sites is 1. The first kappa shape index (κ1) is 13.7. The van der Waals surface area contributed by atoms with Crippen molar-refractivity contribution >= 4 is 22.8 Å². The summed E-state index contributed by atoms with van der Waals surface area (Å²) in [4.78, 5) is 28.2. The van der Waals surface area contributed by atoms with E-state index in [0.29, 0.717) is 0 Å². The summed E-state index contributed by atoms with van der Waals surface area (Å²) < 4.78 is 0. The molecule has 1 atom stereocenters. The molecule has 1 aromatic heterocycles. The number of aliphatic carboxylic acids is 1. The van der Waals surface area contributed by atoms with Crippen LogP contribution in [-0.2, 0) is 21.5 Å². The van der Waals surface area contributed by atoms with Crippen LogP contribution >= 0.6 is 0 Å². The van der Waals surface area contributed by atoms with E-state index >= 15 is 0 Å². The third kappa shape index (κ3) is 1.84. The summed E-state index contributed by atoms with van der Waals surface area (Å²) in [6.45, 7) is 5.11. The Labute approximate surface area is 122 Å². The quantitative estimate of drug-likeness (QED) is 0.846. The topological polar surface area (TPSA) is 76.2 Å². The lowest BCUT2D eigenvalue weighted by Gasteiger charge is -2.47. The van der Waals surface area contributed by atoms with Gasteiger partial charge in [0, 0.05) is 29.9 Å². The van der Waals surface area contributed by atoms with Crippen LogP contribution in [0, 0.1) is 0 Å². The van der Waals surface area contributed by atoms with E-state index < -0.39 is 17.6 Å². The van der Waals surface area contributed by atoms with Crippen LogP contribution in [0.15, 0.2) is 24.3 Å². The lowest BCUT2D eigenvalue weighted by atomic mass is 9.84. The first-order valence-corrected chi connectivity index (χ1v) is 6.95. The zero-order chi connectivity index (χ0) is 15.4. The molecule has 0 aliphatic carbocycles. The van der Waals surface area contributed by atoms with Crippen molar-refractivity contribution in [2.75, 3.05) is 0 Å². The average Bonchev–Trinajstić information content (AvgIpc) is 2.77. The molecule has 0 saturated carbocycles. The Hall–Kier alpha value is -2.30. The Bertz CT molecular complexity index is 745. The van der Waals surface area contributed by atoms with E-state index in [1.165, 1.54) is 11.8 Å². The van der Waals surface area contributed by atoms with E-state index in [1.807, 2.05) is 38.1 Å². The molecule has 110 valence electrons. The highest BCUT2D eigenvalue weighted by molar-refractivity contribution is 5.89. The van der Waals surface area contributed by atoms with Gasteiger partial charge in [-0.05, 0) is 25.5 Å². The number of carboxylic acids is 1. The molecule has 3 rings (SSSR count). The molecule has 0 fully saturated rings. The summed E-state index contributed by atoms with van der Waals surface area (Å²) in [5.41, 5.74) is 2.10. The van der Waals surface area contributed by atoms with Gasteiger partial charge in [-0.25, -0.2) is 0 Å². The van der Waals surface area contributed by atoms with Gasteiger partial charge >= 0.3 is 0 Å². The summed E-state index contributed by atoms with van der Waals surface area (Å²) in [6, 6.07) is 6.83. The molecule has 1 amide bonds. The van der Waals surface area contributed by atoms with Crippen LogP contribution < -0.4 is 5.11 Å². The highest BCUT2D eigenvalue weighted by Crippen LogP contribution is 2.40. The van der Waals surface area contributed by atoms with Crippen LogP contribution in [0.3, 0.4) is 0 Å². The van der Waals surface area contributed by atoms with Crippen molar-refractivity contribution in [3.05, 3.63) is 35.5 Å². The number of carbonyl (C=O) groups excluding carboxylic acids is 2. The molecule has 1 N–H and O–H groups in total. The van der Waals surface area contributed by atoms with Crippen LogP contribution in [0.1, 0.15) is 32.0 Å². The normalized spacial score (nSPS) is 20.3. The van der Waals surface area contributed by atoms with Crippen molar-refractivity contribution in [2.24, 2.45) is 0 Å². The third-order valence-corrected chi connectivity index (χ3v) is 4.35. The molecule has 1 aliphatic rings. The van der Waals surface area contributed by atoms with Gasteiger partial charge in [-0.15, -0.1) is 0 Å². The molecule has 0 radical (unpaired) electrons. The van der Waals surface area contributed by atoms with Gasteiger partial charge in [-0.3, -0.25) is 4.79 Å². The minimum absolute atomic E-state index is 0.265. The summed E-state index contributed by atoms with van der Waals surface area (Å²) >= 11 is 0. The molecule has 0 spiro atoms. The number of rotatable bonds is 1. The molecule has 2 heterocycles. The predicted octanol–water partition coefficient (Wildman–Crippen LogP) is 0.926. The van der Waals surface area contributed by atoms with Crippen molar-refractivity contribution in [1.82, 2.24) is 9.88 Å². The van der Waals surface area contributed by atoms with Gasteiger partial charge in [-0.1, -0.05) is 18.2 Å². The van der Waals surface area contributed by atoms with Crippen LogP contribution in [0.25, 0.3) is 10.9 Å². The molecule has 0 bridgehead atoms. The Morgan fingerprint density at radius 3 is 2.62 bits per heavy atom. The van der Waals surface area contributed by atoms with E-state index in [4.69, 9.17) is 0 Å². The van der Waals surface area contributed by atoms with E-state index in [0.717, 1.165) is 22.2 Å². The van der Waals surface area contributed by atoms with Crippen LogP contribution in [0.2, 0.25) is 0 Å². The predicted molar refractivity (Wildman–Crippen MR) is 76.3 cm³/mol. The highest BCUT2D eigenvalue weighted by Gasteiger charge is 2.44. The maximum Gasteiger partial charge on any atom is 0.220 e. The number of aromatic nitrogens is 1. The highest BCUT2D eigenvalue weighted by atomic mass is 16.4. The number of carbonyl (C=O) groups is 2. The number of hydrogen-bond donors (Lipinski definition) is 1. The fraction of sp³-hybridized carbons (Fsp3) is 0.375. The number of nitrogens with zero attached hydrogens (tertiary/aromatic N) is 1. The van der Waals surface area contributed by atoms with Crippen LogP contribution in [0.5, 0.6) is 0 Å². The summed E-state index contributed by atoms with van der Waals surface area (Å²) in [5.74, 6) is -1.48. The fourth-order valence-corrected chi connectivity index (χ4v) is 3.53. The first-order chi connectivity index (χ1) is 9.84. The minimum atomic E-state index is -1.21. The molecule has 2 aromatic rings. The van der Waals surface area contributed by atoms with Gasteiger partial charge in [0.1, 0.15) is 0 Å². The van der Waals surface area contributed by atoms with E-state index in [2.05, 4.69) is 4.98 Å². The number of nitrogens with one attached hydrogen (secondary N) is 1. The molecule has 0 saturated heterocycles. The number of benzene rings is 1. The van der Waals surface area contributed by atoms with Gasteiger partial charge in [0.2, 0.25) is 5.91 Å². The number of aromatic amines is 1. The lowest BCUT2D eigenvalue weighted by Crippen LogP contribution is -2.60. The second kappa shape index (κ2) is 4.35. The zero-order valence-electron chi connectivity index (χ0n) is 12.3. The maximum atomic E-state index is 12.0. The van der Waals surface area contributed by atoms with Crippen molar-refractivity contribution in [3.63, 3.8) is 0 Å². The van der Waals surface area contributed by atoms with Crippen molar-refractivity contribution < 1.29 is 14.7 Å². The molecule has 1 aliphatic heterocycles. The average molecular weight is 285 g/mol. The van der Waals surface area contributed by atoms with E-state index in [-0.39, 0.29) is 12.3 Å². The molecule has 0 unspecified atom stereocenters. The van der Waals surface area contributed by atoms with Gasteiger partial charge in [0.05, 0.1) is 17.6 Å². The van der Waals surface area contributed by atoms with Crippen molar-refractivity contribution in [1.29, 1.82) is 0 Å². The second-order valence-electron chi connectivity index (χ2n) is 6.01. The number of hydrogen-bond acceptors (Lipinski definition) is 3. The van der Waals surface area contributed by atoms with E-state index in [1.54, 1.807) is 0 Å². The van der Waals surface area contributed by atoms with Crippen molar-refractivity contribution in [2.45, 2.75) is 38.8 Å². The zero-order valence-corrected chi connectivity index (χ0v) is 12.3. The molecule has 5 heteroatoms. The minimum Gasteiger partial charge on any atom is -0.548 e. The summed E-state index contributed by atoms with van der Waals surface area (Å²) in [7, 11) is 0. The molecule has 21 heavy (non-hydrogen) atoms. The first-order valence-electron chi connectivity index (χ1n) is 6.95. The third-order valence-electron chi connectivity index (χ3n) is 4.35. The Kier molecular flexibility index (Phi) is 2.83. The summed E-state index contributed by atoms with van der Waals surface area (Å²) in [5, 5.41) is 12.5. The Morgan fingerprint density at radius 1 is 1.33 bits per heavy atom. The van der Waals surface area contributed by atoms with Crippen LogP contribution in [0.4, 0.5) is 0 Å². The summed E-state index contributed by atoms with van der Waals surface area (Å²) in [6.07, 6.45) is 0.269.